The Morgan fingerprint density at radius 2 is 1.08 bits per heavy atom. The summed E-state index contributed by atoms with van der Waals surface area (Å²) in [7, 11) is -5.06. The smallest absolute Gasteiger partial charge is 0.397 e. The van der Waals surface area contributed by atoms with Gasteiger partial charge in [0.15, 0.2) is 6.29 Å². The third kappa shape index (κ3) is 33.7. The first-order chi connectivity index (χ1) is 29.6. The number of hydrogen-bond donors (Lipinski definition) is 4. The Hall–Kier alpha value is -1.42. The van der Waals surface area contributed by atoms with Crippen molar-refractivity contribution in [2.75, 3.05) is 26.4 Å². The predicted molar refractivity (Wildman–Crippen MR) is 244 cm³/mol. The van der Waals surface area contributed by atoms with Gasteiger partial charge in [-0.3, -0.25) is 9.35 Å². The number of hydrogen-bond acceptors (Lipinski definition) is 11. The van der Waals surface area contributed by atoms with Crippen molar-refractivity contribution >= 4 is 16.4 Å². The zero-order chi connectivity index (χ0) is 44.7. The fourth-order valence-corrected chi connectivity index (χ4v) is 8.09. The van der Waals surface area contributed by atoms with E-state index in [1.54, 1.807) is 0 Å². The normalized spacial score (nSPS) is 20.3. The lowest BCUT2D eigenvalue weighted by Crippen LogP contribution is -2.60. The van der Waals surface area contributed by atoms with Crippen LogP contribution in [0.3, 0.4) is 0 Å². The summed E-state index contributed by atoms with van der Waals surface area (Å²) < 4.78 is 59.2. The van der Waals surface area contributed by atoms with Gasteiger partial charge in [0.25, 0.3) is 0 Å². The average molecular weight is 891 g/mol. The minimum atomic E-state index is -5.06. The van der Waals surface area contributed by atoms with Crippen molar-refractivity contribution in [1.82, 2.24) is 0 Å². The van der Waals surface area contributed by atoms with Crippen LogP contribution in [0.5, 0.6) is 0 Å². The number of ether oxygens (including phenoxy) is 4. The summed E-state index contributed by atoms with van der Waals surface area (Å²) in [6.45, 7) is 3.99. The highest BCUT2D eigenvalue weighted by molar-refractivity contribution is 7.80. The first kappa shape index (κ1) is 57.6. The van der Waals surface area contributed by atoms with Crippen LogP contribution in [0.2, 0.25) is 0 Å². The topological polar surface area (TPSA) is 178 Å². The molecule has 0 spiro atoms. The highest BCUT2D eigenvalue weighted by atomic mass is 32.3. The SMILES string of the molecule is CCCCCC/C=C\C/C=C\CCCCCCCC(=O)OC(COCCCCCCCCCCCCCCCCCCCC)COC1OC(CO)C(O)C(OS(=O)(=O)O)C1O. The molecule has 4 N–H and O–H groups in total. The molecule has 6 unspecified atom stereocenters. The minimum absolute atomic E-state index is 0.0345. The van der Waals surface area contributed by atoms with Crippen molar-refractivity contribution in [2.45, 2.75) is 250 Å². The molecule has 1 aliphatic heterocycles. The molecule has 0 bridgehead atoms. The monoisotopic (exact) mass is 891 g/mol. The molecule has 0 amide bonds. The number of unbranched alkanes of at least 4 members (excludes halogenated alkanes) is 26. The number of rotatable bonds is 43. The van der Waals surface area contributed by atoms with Gasteiger partial charge >= 0.3 is 16.4 Å². The third-order valence-electron chi connectivity index (χ3n) is 11.3. The molecule has 1 fully saturated rings. The van der Waals surface area contributed by atoms with Gasteiger partial charge in [0.05, 0.1) is 19.8 Å². The predicted octanol–water partition coefficient (Wildman–Crippen LogP) is 10.8. The average Bonchev–Trinajstić information content (AvgIpc) is 3.23. The molecule has 1 saturated heterocycles. The van der Waals surface area contributed by atoms with Crippen LogP contribution in [-0.2, 0) is 38.3 Å². The van der Waals surface area contributed by atoms with Crippen molar-refractivity contribution in [2.24, 2.45) is 0 Å². The van der Waals surface area contributed by atoms with E-state index < -0.39 is 59.8 Å². The van der Waals surface area contributed by atoms with Gasteiger partial charge in [-0.2, -0.15) is 8.42 Å². The second-order valence-corrected chi connectivity index (χ2v) is 18.1. The second kappa shape index (κ2) is 40.1. The third-order valence-corrected chi connectivity index (χ3v) is 11.8. The summed E-state index contributed by atoms with van der Waals surface area (Å²) in [4.78, 5) is 12.9. The fourth-order valence-electron chi connectivity index (χ4n) is 7.59. The number of carbonyl (C=O) groups is 1. The van der Waals surface area contributed by atoms with E-state index >= 15 is 0 Å². The van der Waals surface area contributed by atoms with Gasteiger partial charge in [0.2, 0.25) is 0 Å². The van der Waals surface area contributed by atoms with Crippen LogP contribution in [0.25, 0.3) is 0 Å². The number of aliphatic hydroxyl groups is 3. The molecule has 13 heteroatoms. The molecule has 0 aromatic rings. The van der Waals surface area contributed by atoms with Crippen LogP contribution in [0, 0.1) is 0 Å². The molecule has 0 saturated carbocycles. The number of allylic oxidation sites excluding steroid dienone is 4. The summed E-state index contributed by atoms with van der Waals surface area (Å²) in [5, 5.41) is 30.7. The molecule has 0 aromatic heterocycles. The van der Waals surface area contributed by atoms with Gasteiger partial charge in [0, 0.05) is 13.0 Å². The molecule has 6 atom stereocenters. The standard InChI is InChI=1S/C48H90O12S/c1-3-5-7-9-11-13-15-17-19-21-22-24-26-28-30-32-34-36-38-56-40-42(41-57-48-46(52)47(60-61(53,54)55)45(51)43(39-49)59-48)58-44(50)37-35-33-31-29-27-25-23-20-18-16-14-12-10-8-6-4-2/h14,16,20,23,42-43,45-49,51-52H,3-13,15,17-19,21-22,24-41H2,1-2H3,(H,53,54,55)/b16-14-,23-20-. The Labute approximate surface area is 371 Å². The van der Waals surface area contributed by atoms with Gasteiger partial charge < -0.3 is 34.3 Å². The highest BCUT2D eigenvalue weighted by Gasteiger charge is 2.48. The van der Waals surface area contributed by atoms with Crippen molar-refractivity contribution < 1.29 is 56.2 Å². The van der Waals surface area contributed by atoms with E-state index in [4.69, 9.17) is 18.9 Å². The van der Waals surface area contributed by atoms with Crippen LogP contribution in [0.15, 0.2) is 24.3 Å². The molecule has 360 valence electrons. The zero-order valence-corrected chi connectivity index (χ0v) is 39.3. The molecule has 1 aliphatic rings. The molecule has 0 aromatic carbocycles. The molecule has 0 aliphatic carbocycles. The van der Waals surface area contributed by atoms with Gasteiger partial charge in [-0.05, 0) is 44.9 Å². The van der Waals surface area contributed by atoms with Gasteiger partial charge in [-0.1, -0.05) is 186 Å². The molecular formula is C48H90O12S. The van der Waals surface area contributed by atoms with E-state index in [0.29, 0.717) is 13.0 Å². The maximum atomic E-state index is 12.9. The van der Waals surface area contributed by atoms with Gasteiger partial charge in [-0.25, -0.2) is 4.18 Å². The van der Waals surface area contributed by atoms with Crippen LogP contribution in [0.4, 0.5) is 0 Å². The lowest BCUT2D eigenvalue weighted by molar-refractivity contribution is -0.301. The first-order valence-corrected chi connectivity index (χ1v) is 26.0. The van der Waals surface area contributed by atoms with Crippen molar-refractivity contribution in [3.05, 3.63) is 24.3 Å². The summed E-state index contributed by atoms with van der Waals surface area (Å²) in [6, 6.07) is 0. The zero-order valence-electron chi connectivity index (χ0n) is 38.5. The van der Waals surface area contributed by atoms with E-state index in [2.05, 4.69) is 42.3 Å². The molecular weight excluding hydrogens is 801 g/mol. The number of aliphatic hydroxyl groups excluding tert-OH is 3. The minimum Gasteiger partial charge on any atom is -0.457 e. The molecule has 12 nitrogen and oxygen atoms in total. The lowest BCUT2D eigenvalue weighted by Gasteiger charge is -2.41. The summed E-state index contributed by atoms with van der Waals surface area (Å²) in [5.41, 5.74) is 0. The fraction of sp³-hybridized carbons (Fsp3) is 0.896. The quantitative estimate of drug-likeness (QED) is 0.0197. The van der Waals surface area contributed by atoms with Crippen LogP contribution in [-0.4, -0.2) is 97.5 Å². The van der Waals surface area contributed by atoms with E-state index in [9.17, 15) is 33.1 Å². The van der Waals surface area contributed by atoms with Crippen LogP contribution >= 0.6 is 0 Å². The maximum Gasteiger partial charge on any atom is 0.397 e. The Kier molecular flexibility index (Phi) is 37.9. The van der Waals surface area contributed by atoms with Crippen molar-refractivity contribution in [3.8, 4) is 0 Å². The summed E-state index contributed by atoms with van der Waals surface area (Å²) in [6.07, 6.45) is 36.3. The van der Waals surface area contributed by atoms with Crippen molar-refractivity contribution in [1.29, 1.82) is 0 Å². The molecule has 1 rings (SSSR count). The summed E-state index contributed by atoms with van der Waals surface area (Å²) >= 11 is 0. The Balaban J connectivity index is 2.39. The Morgan fingerprint density at radius 3 is 1.57 bits per heavy atom. The molecule has 1 heterocycles. The second-order valence-electron chi connectivity index (χ2n) is 17.1. The highest BCUT2D eigenvalue weighted by Crippen LogP contribution is 2.26. The largest absolute Gasteiger partial charge is 0.457 e. The van der Waals surface area contributed by atoms with Gasteiger partial charge in [0.1, 0.15) is 30.5 Å². The van der Waals surface area contributed by atoms with E-state index in [-0.39, 0.29) is 19.6 Å². The summed E-state index contributed by atoms with van der Waals surface area (Å²) in [5.74, 6) is -0.409. The first-order valence-electron chi connectivity index (χ1n) is 24.6. The Morgan fingerprint density at radius 1 is 0.623 bits per heavy atom. The van der Waals surface area contributed by atoms with Crippen LogP contribution in [0.1, 0.15) is 213 Å². The van der Waals surface area contributed by atoms with E-state index in [0.717, 1.165) is 57.8 Å². The van der Waals surface area contributed by atoms with Gasteiger partial charge in [-0.15, -0.1) is 0 Å². The maximum absolute atomic E-state index is 12.9. The lowest BCUT2D eigenvalue weighted by atomic mass is 9.99. The van der Waals surface area contributed by atoms with E-state index in [1.165, 1.54) is 128 Å². The number of esters is 1. The van der Waals surface area contributed by atoms with Crippen LogP contribution < -0.4 is 0 Å². The number of carbonyl (C=O) groups excluding carboxylic acids is 1. The van der Waals surface area contributed by atoms with E-state index in [1.807, 2.05) is 0 Å². The van der Waals surface area contributed by atoms with Crippen molar-refractivity contribution in [3.63, 3.8) is 0 Å². The molecule has 61 heavy (non-hydrogen) atoms. The molecule has 0 radical (unpaired) electrons. The Bertz CT molecular complexity index is 1170.